The number of benzene rings is 2. The number of alkyl halides is 2. The van der Waals surface area contributed by atoms with Crippen LogP contribution < -0.4 is 21.8 Å². The summed E-state index contributed by atoms with van der Waals surface area (Å²) in [6.45, 7) is 1.25. The van der Waals surface area contributed by atoms with Crippen molar-refractivity contribution in [1.29, 1.82) is 0 Å². The highest BCUT2D eigenvalue weighted by Gasteiger charge is 2.48. The van der Waals surface area contributed by atoms with Crippen LogP contribution in [0.5, 0.6) is 0 Å². The number of nitrogens with one attached hydrogen (secondary N) is 3. The minimum Gasteiger partial charge on any atom is -0.370 e. The molecule has 0 spiro atoms. The monoisotopic (exact) mass is 498 g/mol. The number of rotatable bonds is 8. The smallest absolute Gasteiger partial charge is 0.312 e. The first kappa shape index (κ1) is 27.8. The fraction of sp³-hybridized carbons (Fsp3) is 0.240. The number of hydrogen-bond donors (Lipinski definition) is 5. The molecule has 2 rings (SSSR count). The first-order valence-corrected chi connectivity index (χ1v) is 10.4. The lowest BCUT2D eigenvalue weighted by Crippen LogP contribution is -2.62. The van der Waals surface area contributed by atoms with E-state index in [9.17, 15) is 23.2 Å². The molecule has 2 aromatic rings. The molecule has 0 bridgehead atoms. The first-order chi connectivity index (χ1) is 17.1. The van der Waals surface area contributed by atoms with Crippen LogP contribution in [-0.2, 0) is 16.1 Å². The second-order valence-electron chi connectivity index (χ2n) is 7.56. The average molecular weight is 498 g/mol. The first-order valence-electron chi connectivity index (χ1n) is 10.4. The SMILES string of the molecule is COC(C)(C(F)F)C(NC(=O)c1ccc(C#CC#Cc2ccc(CNC(N)=O)cc2)cc1)C(=O)NO. The van der Waals surface area contributed by atoms with E-state index < -0.39 is 35.9 Å². The Hall–Kier alpha value is -4.45. The third-order valence-corrected chi connectivity index (χ3v) is 5.14. The molecule has 2 atom stereocenters. The summed E-state index contributed by atoms with van der Waals surface area (Å²) in [7, 11) is 0.964. The molecule has 0 aliphatic rings. The van der Waals surface area contributed by atoms with Crippen molar-refractivity contribution in [3.63, 3.8) is 0 Å². The maximum Gasteiger partial charge on any atom is 0.312 e. The third-order valence-electron chi connectivity index (χ3n) is 5.14. The molecule has 36 heavy (non-hydrogen) atoms. The van der Waals surface area contributed by atoms with Crippen molar-refractivity contribution in [2.45, 2.75) is 31.5 Å². The molecule has 6 N–H and O–H groups in total. The van der Waals surface area contributed by atoms with Crippen molar-refractivity contribution < 1.29 is 33.1 Å². The molecule has 0 fully saturated rings. The Morgan fingerprint density at radius 2 is 1.56 bits per heavy atom. The number of methoxy groups -OCH3 is 1. The van der Waals surface area contributed by atoms with E-state index in [0.29, 0.717) is 17.7 Å². The van der Waals surface area contributed by atoms with Gasteiger partial charge in [-0.2, -0.15) is 0 Å². The van der Waals surface area contributed by atoms with E-state index in [-0.39, 0.29) is 5.56 Å². The summed E-state index contributed by atoms with van der Waals surface area (Å²) in [5.74, 6) is 8.98. The Kier molecular flexibility index (Phi) is 9.93. The van der Waals surface area contributed by atoms with Gasteiger partial charge in [-0.15, -0.1) is 0 Å². The topological polar surface area (TPSA) is 143 Å². The summed E-state index contributed by atoms with van der Waals surface area (Å²) in [4.78, 5) is 35.2. The van der Waals surface area contributed by atoms with Gasteiger partial charge in [0.25, 0.3) is 18.2 Å². The number of halogens is 2. The summed E-state index contributed by atoms with van der Waals surface area (Å²) in [5, 5.41) is 13.5. The number of carbonyl (C=O) groups excluding carboxylic acids is 3. The molecule has 0 radical (unpaired) electrons. The van der Waals surface area contributed by atoms with Crippen molar-refractivity contribution >= 4 is 17.8 Å². The lowest BCUT2D eigenvalue weighted by atomic mass is 9.95. The van der Waals surface area contributed by atoms with Crippen molar-refractivity contribution in [3.8, 4) is 23.7 Å². The highest BCUT2D eigenvalue weighted by molar-refractivity contribution is 5.98. The van der Waals surface area contributed by atoms with Crippen LogP contribution in [-0.4, -0.2) is 48.2 Å². The van der Waals surface area contributed by atoms with Crippen LogP contribution in [0.15, 0.2) is 48.5 Å². The van der Waals surface area contributed by atoms with E-state index in [2.05, 4.69) is 34.3 Å². The third kappa shape index (κ3) is 7.53. The zero-order chi connectivity index (χ0) is 26.7. The van der Waals surface area contributed by atoms with Crippen molar-refractivity contribution in [2.24, 2.45) is 5.73 Å². The van der Waals surface area contributed by atoms with Gasteiger partial charge in [0.1, 0.15) is 6.04 Å². The van der Waals surface area contributed by atoms with E-state index in [4.69, 9.17) is 15.7 Å². The fourth-order valence-corrected chi connectivity index (χ4v) is 2.89. The summed E-state index contributed by atoms with van der Waals surface area (Å²) in [6, 6.07) is 10.5. The molecule has 11 heteroatoms. The largest absolute Gasteiger partial charge is 0.370 e. The quantitative estimate of drug-likeness (QED) is 0.213. The molecule has 4 amide bonds. The Bertz CT molecular complexity index is 1210. The second-order valence-corrected chi connectivity index (χ2v) is 7.56. The Morgan fingerprint density at radius 3 is 2.00 bits per heavy atom. The van der Waals surface area contributed by atoms with Gasteiger partial charge in [0.15, 0.2) is 5.60 Å². The van der Waals surface area contributed by atoms with E-state index in [1.54, 1.807) is 24.3 Å². The van der Waals surface area contributed by atoms with E-state index in [1.165, 1.54) is 29.7 Å². The molecule has 0 aliphatic carbocycles. The number of hydrogen-bond acceptors (Lipinski definition) is 5. The molecule has 0 saturated heterocycles. The summed E-state index contributed by atoms with van der Waals surface area (Å²) >= 11 is 0. The number of urea groups is 1. The van der Waals surface area contributed by atoms with Gasteiger partial charge in [0, 0.05) is 30.3 Å². The van der Waals surface area contributed by atoms with Crippen LogP contribution in [0, 0.1) is 23.7 Å². The second kappa shape index (κ2) is 12.9. The van der Waals surface area contributed by atoms with Gasteiger partial charge in [-0.05, 0) is 60.7 Å². The van der Waals surface area contributed by atoms with Gasteiger partial charge in [-0.3, -0.25) is 14.8 Å². The normalized spacial score (nSPS) is 12.6. The summed E-state index contributed by atoms with van der Waals surface area (Å²) in [5.41, 5.74) is 6.09. The maximum atomic E-state index is 13.5. The maximum absolute atomic E-state index is 13.5. The lowest BCUT2D eigenvalue weighted by molar-refractivity contribution is -0.157. The zero-order valence-electron chi connectivity index (χ0n) is 19.4. The standard InChI is InChI=1S/C25H24F2N4O5/c1-25(36-2,23(26)27)20(22(33)31-35)30-21(32)19-13-11-17(12-14-19)6-4-3-5-16-7-9-18(10-8-16)15-29-24(28)34/h7-14,20,23,35H,15H2,1-2H3,(H,30,32)(H,31,33)(H3,28,29,34). The van der Waals surface area contributed by atoms with Crippen LogP contribution in [0.3, 0.4) is 0 Å². The molecule has 0 aliphatic heterocycles. The summed E-state index contributed by atoms with van der Waals surface area (Å²) in [6.07, 6.45) is -3.14. The molecule has 0 heterocycles. The lowest BCUT2D eigenvalue weighted by Gasteiger charge is -2.34. The number of carbonyl (C=O) groups is 3. The number of amides is 4. The van der Waals surface area contributed by atoms with Crippen LogP contribution in [0.1, 0.15) is 34.0 Å². The van der Waals surface area contributed by atoms with Crippen molar-refractivity contribution in [1.82, 2.24) is 16.1 Å². The number of primary amides is 1. The van der Waals surface area contributed by atoms with E-state index in [0.717, 1.165) is 19.6 Å². The predicted octanol–water partition coefficient (Wildman–Crippen LogP) is 1.53. The summed E-state index contributed by atoms with van der Waals surface area (Å²) < 4.78 is 31.7. The molecular formula is C25H24F2N4O5. The van der Waals surface area contributed by atoms with E-state index >= 15 is 0 Å². The van der Waals surface area contributed by atoms with Crippen molar-refractivity contribution in [2.75, 3.05) is 7.11 Å². The predicted molar refractivity (Wildman–Crippen MR) is 126 cm³/mol. The Balaban J connectivity index is 2.06. The molecule has 188 valence electrons. The van der Waals surface area contributed by atoms with Crippen LogP contribution in [0.4, 0.5) is 13.6 Å². The number of nitrogens with two attached hydrogens (primary N) is 1. The molecule has 2 unspecified atom stereocenters. The average Bonchev–Trinajstić information content (AvgIpc) is 2.88. The molecule has 0 saturated carbocycles. The van der Waals surface area contributed by atoms with Gasteiger partial charge in [-0.1, -0.05) is 24.0 Å². The van der Waals surface area contributed by atoms with Crippen LogP contribution in [0.2, 0.25) is 0 Å². The van der Waals surface area contributed by atoms with Gasteiger partial charge in [-0.25, -0.2) is 19.1 Å². The highest BCUT2D eigenvalue weighted by Crippen LogP contribution is 2.24. The molecule has 9 nitrogen and oxygen atoms in total. The number of ether oxygens (including phenoxy) is 1. The molecular weight excluding hydrogens is 474 g/mol. The van der Waals surface area contributed by atoms with Crippen molar-refractivity contribution in [3.05, 3.63) is 70.8 Å². The zero-order valence-corrected chi connectivity index (χ0v) is 19.4. The van der Waals surface area contributed by atoms with Crippen LogP contribution >= 0.6 is 0 Å². The number of hydroxylamine groups is 1. The van der Waals surface area contributed by atoms with Gasteiger partial charge >= 0.3 is 6.03 Å². The van der Waals surface area contributed by atoms with Gasteiger partial charge < -0.3 is 21.1 Å². The Morgan fingerprint density at radius 1 is 1.03 bits per heavy atom. The Labute approximate surface area is 206 Å². The minimum absolute atomic E-state index is 0.0704. The van der Waals surface area contributed by atoms with Gasteiger partial charge in [0.05, 0.1) is 0 Å². The minimum atomic E-state index is -3.14. The van der Waals surface area contributed by atoms with E-state index in [1.807, 2.05) is 0 Å². The molecule has 0 aromatic heterocycles. The van der Waals surface area contributed by atoms with Gasteiger partial charge in [0.2, 0.25) is 0 Å². The fourth-order valence-electron chi connectivity index (χ4n) is 2.89. The van der Waals surface area contributed by atoms with Crippen LogP contribution in [0.25, 0.3) is 0 Å². The molecule has 2 aromatic carbocycles. The highest BCUT2D eigenvalue weighted by atomic mass is 19.3.